The molecule has 0 aliphatic rings. The number of H-pyrrole nitrogens is 1. The number of nitrogens with zero attached hydrogens (tertiary/aromatic N) is 1. The molecule has 0 aromatic carbocycles. The number of methoxy groups -OCH3 is 1. The van der Waals surface area contributed by atoms with Crippen LogP contribution in [0.15, 0.2) is 24.4 Å². The van der Waals surface area contributed by atoms with E-state index in [1.165, 1.54) is 7.11 Å². The first kappa shape index (κ1) is 14.8. The van der Waals surface area contributed by atoms with Gasteiger partial charge in [-0.2, -0.15) is 0 Å². The number of ether oxygens (including phenoxy) is 1. The second-order valence-corrected chi connectivity index (χ2v) is 4.76. The van der Waals surface area contributed by atoms with E-state index in [1.54, 1.807) is 25.3 Å². The van der Waals surface area contributed by atoms with Crippen LogP contribution in [0.1, 0.15) is 27.4 Å². The van der Waals surface area contributed by atoms with E-state index in [2.05, 4.69) is 20.0 Å². The van der Waals surface area contributed by atoms with Gasteiger partial charge in [0.15, 0.2) is 0 Å². The Hall–Kier alpha value is -2.63. The predicted octanol–water partition coefficient (Wildman–Crippen LogP) is 1.99. The summed E-state index contributed by atoms with van der Waals surface area (Å²) >= 11 is 0. The molecule has 110 valence electrons. The number of pyridine rings is 1. The van der Waals surface area contributed by atoms with Crippen LogP contribution in [0.3, 0.4) is 0 Å². The second kappa shape index (κ2) is 6.21. The molecule has 0 atom stereocenters. The first-order chi connectivity index (χ1) is 9.99. The van der Waals surface area contributed by atoms with Gasteiger partial charge >= 0.3 is 5.97 Å². The molecule has 2 rings (SSSR count). The molecule has 0 bridgehead atoms. The molecule has 6 nitrogen and oxygen atoms in total. The molecule has 2 heterocycles. The largest absolute Gasteiger partial charge is 0.464 e. The number of hydrogen-bond acceptors (Lipinski definition) is 4. The zero-order chi connectivity index (χ0) is 15.4. The molecule has 0 fully saturated rings. The van der Waals surface area contributed by atoms with Gasteiger partial charge in [0.1, 0.15) is 5.69 Å². The van der Waals surface area contributed by atoms with Gasteiger partial charge in [-0.25, -0.2) is 4.79 Å². The number of aromatic amines is 1. The van der Waals surface area contributed by atoms with Gasteiger partial charge in [0.2, 0.25) is 5.91 Å². The van der Waals surface area contributed by atoms with Crippen molar-refractivity contribution in [2.75, 3.05) is 12.4 Å². The average molecular weight is 287 g/mol. The Balaban J connectivity index is 2.11. The van der Waals surface area contributed by atoms with Crippen LogP contribution in [0.25, 0.3) is 0 Å². The lowest BCUT2D eigenvalue weighted by molar-refractivity contribution is -0.115. The fourth-order valence-electron chi connectivity index (χ4n) is 2.04. The monoisotopic (exact) mass is 287 g/mol. The quantitative estimate of drug-likeness (QED) is 0.842. The SMILES string of the molecule is COC(=O)c1[nH]c(C)cc1NC(=O)Cc1ccnc(C)c1. The zero-order valence-corrected chi connectivity index (χ0v) is 12.2. The lowest BCUT2D eigenvalue weighted by atomic mass is 10.1. The number of rotatable bonds is 4. The van der Waals surface area contributed by atoms with Gasteiger partial charge < -0.3 is 15.0 Å². The van der Waals surface area contributed by atoms with Crippen LogP contribution in [0.2, 0.25) is 0 Å². The highest BCUT2D eigenvalue weighted by atomic mass is 16.5. The molecule has 2 aromatic heterocycles. The number of esters is 1. The number of nitrogens with one attached hydrogen (secondary N) is 2. The molecular formula is C15H17N3O3. The summed E-state index contributed by atoms with van der Waals surface area (Å²) in [5, 5.41) is 2.72. The van der Waals surface area contributed by atoms with E-state index in [-0.39, 0.29) is 18.0 Å². The normalized spacial score (nSPS) is 10.2. The van der Waals surface area contributed by atoms with Gasteiger partial charge in [-0.1, -0.05) is 0 Å². The number of amides is 1. The number of carbonyl (C=O) groups is 2. The number of aromatic nitrogens is 2. The van der Waals surface area contributed by atoms with Crippen LogP contribution in [0, 0.1) is 13.8 Å². The van der Waals surface area contributed by atoms with Crippen molar-refractivity contribution in [2.45, 2.75) is 20.3 Å². The highest BCUT2D eigenvalue weighted by Crippen LogP contribution is 2.18. The van der Waals surface area contributed by atoms with E-state index in [4.69, 9.17) is 0 Å². The van der Waals surface area contributed by atoms with Gasteiger partial charge in [0.05, 0.1) is 19.2 Å². The molecule has 0 radical (unpaired) electrons. The van der Waals surface area contributed by atoms with Crippen LogP contribution in [-0.2, 0) is 16.0 Å². The minimum atomic E-state index is -0.516. The summed E-state index contributed by atoms with van der Waals surface area (Å²) < 4.78 is 4.68. The van der Waals surface area contributed by atoms with Crippen molar-refractivity contribution in [3.05, 3.63) is 47.0 Å². The van der Waals surface area contributed by atoms with Gasteiger partial charge in [0, 0.05) is 17.6 Å². The highest BCUT2D eigenvalue weighted by Gasteiger charge is 2.16. The Morgan fingerprint density at radius 3 is 2.76 bits per heavy atom. The first-order valence-corrected chi connectivity index (χ1v) is 6.49. The van der Waals surface area contributed by atoms with Crippen molar-refractivity contribution in [3.63, 3.8) is 0 Å². The van der Waals surface area contributed by atoms with Gasteiger partial charge in [-0.15, -0.1) is 0 Å². The molecule has 0 saturated carbocycles. The molecule has 0 aliphatic carbocycles. The molecule has 6 heteroatoms. The molecule has 0 aliphatic heterocycles. The Kier molecular flexibility index (Phi) is 4.37. The maximum Gasteiger partial charge on any atom is 0.356 e. The smallest absolute Gasteiger partial charge is 0.356 e. The zero-order valence-electron chi connectivity index (χ0n) is 12.2. The van der Waals surface area contributed by atoms with Crippen LogP contribution >= 0.6 is 0 Å². The fraction of sp³-hybridized carbons (Fsp3) is 0.267. The fourth-order valence-corrected chi connectivity index (χ4v) is 2.04. The van der Waals surface area contributed by atoms with Crippen molar-refractivity contribution < 1.29 is 14.3 Å². The Labute approximate surface area is 122 Å². The van der Waals surface area contributed by atoms with Crippen molar-refractivity contribution in [1.29, 1.82) is 0 Å². The molecule has 0 unspecified atom stereocenters. The van der Waals surface area contributed by atoms with Crippen LogP contribution in [-0.4, -0.2) is 29.0 Å². The Morgan fingerprint density at radius 2 is 2.10 bits per heavy atom. The van der Waals surface area contributed by atoms with Crippen molar-refractivity contribution in [1.82, 2.24) is 9.97 Å². The summed E-state index contributed by atoms with van der Waals surface area (Å²) in [7, 11) is 1.30. The van der Waals surface area contributed by atoms with E-state index in [9.17, 15) is 9.59 Å². The maximum atomic E-state index is 12.1. The number of aryl methyl sites for hydroxylation is 2. The maximum absolute atomic E-state index is 12.1. The van der Waals surface area contributed by atoms with Gasteiger partial charge in [-0.3, -0.25) is 9.78 Å². The lowest BCUT2D eigenvalue weighted by Crippen LogP contribution is -2.16. The minimum absolute atomic E-state index is 0.204. The molecule has 2 N–H and O–H groups in total. The number of anilines is 1. The average Bonchev–Trinajstić information content (AvgIpc) is 2.78. The van der Waals surface area contributed by atoms with Crippen LogP contribution in [0.5, 0.6) is 0 Å². The molecular weight excluding hydrogens is 270 g/mol. The summed E-state index contributed by atoms with van der Waals surface area (Å²) in [6, 6.07) is 5.33. The van der Waals surface area contributed by atoms with E-state index < -0.39 is 5.97 Å². The van der Waals surface area contributed by atoms with E-state index in [0.29, 0.717) is 5.69 Å². The third kappa shape index (κ3) is 3.68. The third-order valence-corrected chi connectivity index (χ3v) is 2.94. The predicted molar refractivity (Wildman–Crippen MR) is 78.2 cm³/mol. The van der Waals surface area contributed by atoms with Gasteiger partial charge in [0.25, 0.3) is 0 Å². The molecule has 21 heavy (non-hydrogen) atoms. The summed E-state index contributed by atoms with van der Waals surface area (Å²) in [5.41, 5.74) is 3.16. The van der Waals surface area contributed by atoms with E-state index >= 15 is 0 Å². The van der Waals surface area contributed by atoms with Crippen LogP contribution in [0.4, 0.5) is 5.69 Å². The topological polar surface area (TPSA) is 84.1 Å². The number of hydrogen-bond donors (Lipinski definition) is 2. The summed E-state index contributed by atoms with van der Waals surface area (Å²) in [6.45, 7) is 3.67. The summed E-state index contributed by atoms with van der Waals surface area (Å²) in [6.07, 6.45) is 1.88. The minimum Gasteiger partial charge on any atom is -0.464 e. The molecule has 2 aromatic rings. The number of carbonyl (C=O) groups excluding carboxylic acids is 2. The van der Waals surface area contributed by atoms with Crippen LogP contribution < -0.4 is 5.32 Å². The summed E-state index contributed by atoms with van der Waals surface area (Å²) in [4.78, 5) is 30.6. The highest BCUT2D eigenvalue weighted by molar-refractivity contribution is 6.00. The van der Waals surface area contributed by atoms with Crippen molar-refractivity contribution >= 4 is 17.6 Å². The Bertz CT molecular complexity index is 677. The molecule has 0 spiro atoms. The van der Waals surface area contributed by atoms with Crippen molar-refractivity contribution in [3.8, 4) is 0 Å². The lowest BCUT2D eigenvalue weighted by Gasteiger charge is -2.06. The second-order valence-electron chi connectivity index (χ2n) is 4.76. The van der Waals surface area contributed by atoms with E-state index in [1.807, 2.05) is 13.0 Å². The first-order valence-electron chi connectivity index (χ1n) is 6.49. The van der Waals surface area contributed by atoms with Gasteiger partial charge in [-0.05, 0) is 37.6 Å². The standard InChI is InChI=1S/C15H17N3O3/c1-9-6-11(4-5-16-9)8-13(19)18-12-7-10(2)17-14(12)15(20)21-3/h4-7,17H,8H2,1-3H3,(H,18,19). The Morgan fingerprint density at radius 1 is 1.33 bits per heavy atom. The summed E-state index contributed by atoms with van der Waals surface area (Å²) in [5.74, 6) is -0.720. The van der Waals surface area contributed by atoms with Crippen molar-refractivity contribution in [2.24, 2.45) is 0 Å². The molecule has 0 saturated heterocycles. The molecule has 1 amide bonds. The van der Waals surface area contributed by atoms with E-state index in [0.717, 1.165) is 17.0 Å². The third-order valence-electron chi connectivity index (χ3n) is 2.94.